The Balaban J connectivity index is 1.43. The summed E-state index contributed by atoms with van der Waals surface area (Å²) in [5, 5.41) is 0.756. The highest BCUT2D eigenvalue weighted by Crippen LogP contribution is 2.41. The van der Waals surface area contributed by atoms with E-state index in [1.807, 2.05) is 48.5 Å². The third-order valence-electron chi connectivity index (χ3n) is 7.09. The van der Waals surface area contributed by atoms with E-state index in [2.05, 4.69) is 0 Å². The first-order valence-electron chi connectivity index (χ1n) is 12.6. The first kappa shape index (κ1) is 24.5. The molecule has 2 aliphatic heterocycles. The van der Waals surface area contributed by atoms with Crippen LogP contribution < -0.4 is 14.9 Å². The fourth-order valence-electron chi connectivity index (χ4n) is 5.24. The van der Waals surface area contributed by atoms with Crippen LogP contribution in [0, 0.1) is 0 Å². The largest absolute Gasteiger partial charge is 0.493 e. The molecular weight excluding hydrogens is 506 g/mol. The van der Waals surface area contributed by atoms with E-state index in [0.717, 1.165) is 18.4 Å². The van der Waals surface area contributed by atoms with Crippen LogP contribution in [0.4, 0.5) is 0 Å². The lowest BCUT2D eigenvalue weighted by atomic mass is 9.97. The Kier molecular flexibility index (Phi) is 6.55. The number of carbonyl (C=O) groups is 1. The van der Waals surface area contributed by atoms with Gasteiger partial charge in [0.25, 0.3) is 5.91 Å². The van der Waals surface area contributed by atoms with Crippen LogP contribution in [-0.4, -0.2) is 37.2 Å². The molecule has 0 unspecified atom stereocenters. The number of hydrogen-bond donors (Lipinski definition) is 0. The summed E-state index contributed by atoms with van der Waals surface area (Å²) in [5.41, 5.74) is 2.09. The molecular formula is C30H26ClNO6. The summed E-state index contributed by atoms with van der Waals surface area (Å²) < 4.78 is 23.6. The Morgan fingerprint density at radius 2 is 1.87 bits per heavy atom. The second-order valence-corrected chi connectivity index (χ2v) is 9.93. The normalized spacial score (nSPS) is 18.7. The lowest BCUT2D eigenvalue weighted by Crippen LogP contribution is -2.36. The lowest BCUT2D eigenvalue weighted by Gasteiger charge is -2.28. The maximum atomic E-state index is 13.8. The zero-order valence-electron chi connectivity index (χ0n) is 20.8. The van der Waals surface area contributed by atoms with E-state index in [0.29, 0.717) is 58.4 Å². The summed E-state index contributed by atoms with van der Waals surface area (Å²) in [6.07, 6.45) is 1.68. The molecule has 1 saturated heterocycles. The topological polar surface area (TPSA) is 78.2 Å². The number of hydrogen-bond acceptors (Lipinski definition) is 6. The zero-order valence-corrected chi connectivity index (χ0v) is 21.6. The summed E-state index contributed by atoms with van der Waals surface area (Å²) >= 11 is 6.19. The monoisotopic (exact) mass is 531 g/mol. The molecule has 0 aliphatic carbocycles. The van der Waals surface area contributed by atoms with Gasteiger partial charge in [0.1, 0.15) is 12.2 Å². The van der Waals surface area contributed by atoms with E-state index >= 15 is 0 Å². The van der Waals surface area contributed by atoms with Crippen molar-refractivity contribution in [2.45, 2.75) is 31.6 Å². The van der Waals surface area contributed by atoms with E-state index in [-0.39, 0.29) is 23.2 Å². The number of halogens is 1. The molecule has 2 atom stereocenters. The van der Waals surface area contributed by atoms with Crippen molar-refractivity contribution in [3.63, 3.8) is 0 Å². The van der Waals surface area contributed by atoms with Crippen LogP contribution in [0.1, 0.15) is 46.1 Å². The van der Waals surface area contributed by atoms with Crippen molar-refractivity contribution in [3.8, 4) is 11.5 Å². The molecule has 194 valence electrons. The Labute approximate surface area is 224 Å². The van der Waals surface area contributed by atoms with Crippen molar-refractivity contribution in [1.29, 1.82) is 0 Å². The molecule has 7 nitrogen and oxygen atoms in total. The van der Waals surface area contributed by atoms with Gasteiger partial charge in [-0.05, 0) is 54.3 Å². The summed E-state index contributed by atoms with van der Waals surface area (Å²) in [6, 6.07) is 19.5. The van der Waals surface area contributed by atoms with Gasteiger partial charge in [0, 0.05) is 18.2 Å². The maximum Gasteiger partial charge on any atom is 0.291 e. The van der Waals surface area contributed by atoms with E-state index in [1.54, 1.807) is 30.2 Å². The Bertz CT molecular complexity index is 1560. The van der Waals surface area contributed by atoms with Crippen molar-refractivity contribution in [2.24, 2.45) is 0 Å². The Hall–Kier alpha value is -3.81. The summed E-state index contributed by atoms with van der Waals surface area (Å²) in [6.45, 7) is 1.38. The average Bonchev–Trinajstić information content (AvgIpc) is 3.55. The molecule has 1 fully saturated rings. The van der Waals surface area contributed by atoms with Gasteiger partial charge in [-0.1, -0.05) is 48.0 Å². The van der Waals surface area contributed by atoms with E-state index in [1.165, 1.54) is 0 Å². The molecule has 0 radical (unpaired) electrons. The van der Waals surface area contributed by atoms with Crippen molar-refractivity contribution < 1.29 is 23.4 Å². The molecule has 1 amide bonds. The molecule has 4 aromatic rings. The summed E-state index contributed by atoms with van der Waals surface area (Å²) in [7, 11) is 1.57. The van der Waals surface area contributed by atoms with Crippen LogP contribution in [0.5, 0.6) is 11.5 Å². The smallest absolute Gasteiger partial charge is 0.291 e. The Morgan fingerprint density at radius 3 is 2.63 bits per heavy atom. The molecule has 0 saturated carbocycles. The highest BCUT2D eigenvalue weighted by Gasteiger charge is 2.44. The predicted octanol–water partition coefficient (Wildman–Crippen LogP) is 5.76. The number of amides is 1. The highest BCUT2D eigenvalue weighted by molar-refractivity contribution is 6.31. The number of benzene rings is 3. The number of ether oxygens (including phenoxy) is 3. The van der Waals surface area contributed by atoms with Gasteiger partial charge >= 0.3 is 0 Å². The molecule has 3 aromatic carbocycles. The predicted molar refractivity (Wildman–Crippen MR) is 143 cm³/mol. The van der Waals surface area contributed by atoms with Gasteiger partial charge in [-0.2, -0.15) is 0 Å². The number of methoxy groups -OCH3 is 1. The first-order valence-corrected chi connectivity index (χ1v) is 12.9. The molecule has 8 heteroatoms. The summed E-state index contributed by atoms with van der Waals surface area (Å²) in [4.78, 5) is 29.1. The molecule has 0 N–H and O–H groups in total. The van der Waals surface area contributed by atoms with Crippen molar-refractivity contribution in [2.75, 3.05) is 20.3 Å². The van der Waals surface area contributed by atoms with Crippen LogP contribution in [-0.2, 0) is 11.3 Å². The average molecular weight is 532 g/mol. The minimum Gasteiger partial charge on any atom is -0.493 e. The Morgan fingerprint density at radius 1 is 1.03 bits per heavy atom. The third kappa shape index (κ3) is 4.42. The highest BCUT2D eigenvalue weighted by atomic mass is 35.5. The van der Waals surface area contributed by atoms with Crippen LogP contribution in [0.3, 0.4) is 0 Å². The van der Waals surface area contributed by atoms with Crippen LogP contribution >= 0.6 is 11.6 Å². The zero-order chi connectivity index (χ0) is 26.2. The van der Waals surface area contributed by atoms with E-state index in [4.69, 9.17) is 30.2 Å². The fourth-order valence-corrected chi connectivity index (χ4v) is 5.42. The molecule has 38 heavy (non-hydrogen) atoms. The van der Waals surface area contributed by atoms with Crippen molar-refractivity contribution in [3.05, 3.63) is 104 Å². The molecule has 1 aromatic heterocycles. The minimum atomic E-state index is -0.668. The van der Waals surface area contributed by atoms with Gasteiger partial charge in [0.2, 0.25) is 5.76 Å². The number of nitrogens with zero attached hydrogens (tertiary/aromatic N) is 1. The van der Waals surface area contributed by atoms with Gasteiger partial charge in [0.05, 0.1) is 30.2 Å². The van der Waals surface area contributed by atoms with Gasteiger partial charge < -0.3 is 23.5 Å². The van der Waals surface area contributed by atoms with Crippen LogP contribution in [0.2, 0.25) is 5.02 Å². The van der Waals surface area contributed by atoms with Crippen molar-refractivity contribution >= 4 is 28.5 Å². The number of carbonyl (C=O) groups excluding carboxylic acids is 1. The van der Waals surface area contributed by atoms with Gasteiger partial charge in [0.15, 0.2) is 16.9 Å². The fraction of sp³-hybridized carbons (Fsp3) is 0.267. The number of rotatable bonds is 7. The molecule has 6 rings (SSSR count). The second kappa shape index (κ2) is 10.2. The second-order valence-electron chi connectivity index (χ2n) is 9.49. The van der Waals surface area contributed by atoms with Gasteiger partial charge in [-0.25, -0.2) is 0 Å². The first-order chi connectivity index (χ1) is 18.5. The molecule has 3 heterocycles. The van der Waals surface area contributed by atoms with E-state index < -0.39 is 6.04 Å². The van der Waals surface area contributed by atoms with E-state index in [9.17, 15) is 9.59 Å². The minimum absolute atomic E-state index is 0.0520. The number of fused-ring (bicyclic) bond motifs is 2. The third-order valence-corrected chi connectivity index (χ3v) is 7.33. The SMILES string of the molecule is COc1cc([C@H]2c3c(oc4ccc(Cl)cc4c3=O)C(=O)N2C[C@@H]2CCCO2)ccc1OCc1ccccc1. The lowest BCUT2D eigenvalue weighted by molar-refractivity contribution is 0.0486. The quantitative estimate of drug-likeness (QED) is 0.302. The van der Waals surface area contributed by atoms with Crippen molar-refractivity contribution in [1.82, 2.24) is 4.90 Å². The standard InChI is InChI=1S/C30H26ClNO6/c1-35-25-14-19(9-11-24(25)37-17-18-6-3-2-4-7-18)27-26-28(33)22-15-20(31)10-12-23(22)38-29(26)30(34)32(27)16-21-8-5-13-36-21/h2-4,6-7,9-12,14-15,21,27H,5,8,13,16-17H2,1H3/t21-,27-/m0/s1. The maximum absolute atomic E-state index is 13.8. The summed E-state index contributed by atoms with van der Waals surface area (Å²) in [5.74, 6) is 0.784. The molecule has 0 spiro atoms. The molecule has 2 aliphatic rings. The van der Waals surface area contributed by atoms with Crippen LogP contribution in [0.25, 0.3) is 11.0 Å². The molecule has 0 bridgehead atoms. The van der Waals surface area contributed by atoms with Gasteiger partial charge in [-0.3, -0.25) is 9.59 Å². The van der Waals surface area contributed by atoms with Gasteiger partial charge in [-0.15, -0.1) is 0 Å². The van der Waals surface area contributed by atoms with Crippen LogP contribution in [0.15, 0.2) is 75.9 Å².